The number of nitrogens with one attached hydrogen (secondary N) is 2. The normalized spacial score (nSPS) is 11.9. The zero-order chi connectivity index (χ0) is 18.2. The summed E-state index contributed by atoms with van der Waals surface area (Å²) in [6.07, 6.45) is 0.163. The number of anilines is 1. The van der Waals surface area contributed by atoms with Crippen molar-refractivity contribution in [2.24, 2.45) is 0 Å². The number of urea groups is 1. The average Bonchev–Trinajstić information content (AvgIpc) is 2.60. The van der Waals surface area contributed by atoms with Crippen LogP contribution in [0, 0.1) is 0 Å². The molecule has 0 fully saturated rings. The van der Waals surface area contributed by atoms with Crippen LogP contribution in [0.4, 0.5) is 10.5 Å². The number of aliphatic hydroxyl groups is 1. The molecule has 2 aromatic rings. The number of benzene rings is 2. The molecule has 2 amide bonds. The molecule has 3 N–H and O–H groups in total. The van der Waals surface area contributed by atoms with Gasteiger partial charge in [-0.05, 0) is 49.6 Å². The van der Waals surface area contributed by atoms with E-state index in [1.807, 2.05) is 57.2 Å². The summed E-state index contributed by atoms with van der Waals surface area (Å²) in [4.78, 5) is 12.0. The lowest BCUT2D eigenvalue weighted by Gasteiger charge is -2.15. The predicted octanol–water partition coefficient (Wildman–Crippen LogP) is 3.89. The molecule has 0 aromatic heterocycles. The number of aliphatic hydroxyl groups excluding tert-OH is 1. The van der Waals surface area contributed by atoms with Crippen molar-refractivity contribution < 1.29 is 14.6 Å². The van der Waals surface area contributed by atoms with Gasteiger partial charge >= 0.3 is 6.03 Å². The topological polar surface area (TPSA) is 70.6 Å². The number of ether oxygens (including phenoxy) is 1. The minimum atomic E-state index is -0.778. The number of aryl methyl sites for hydroxylation is 1. The summed E-state index contributed by atoms with van der Waals surface area (Å²) in [6, 6.07) is 14.6. The van der Waals surface area contributed by atoms with Crippen LogP contribution in [-0.2, 0) is 6.42 Å². The summed E-state index contributed by atoms with van der Waals surface area (Å²) in [7, 11) is 0. The molecule has 0 heterocycles. The first-order valence-electron chi connectivity index (χ1n) is 8.57. The fraction of sp³-hybridized carbons (Fsp3) is 0.350. The van der Waals surface area contributed by atoms with Gasteiger partial charge in [-0.3, -0.25) is 0 Å². The van der Waals surface area contributed by atoms with E-state index in [9.17, 15) is 9.90 Å². The molecule has 2 rings (SSSR count). The third-order valence-electron chi connectivity index (χ3n) is 3.74. The number of hydrogen-bond donors (Lipinski definition) is 3. The summed E-state index contributed by atoms with van der Waals surface area (Å²) in [5.41, 5.74) is 2.58. The Hall–Kier alpha value is -2.53. The van der Waals surface area contributed by atoms with Gasteiger partial charge in [-0.1, -0.05) is 37.3 Å². The van der Waals surface area contributed by atoms with E-state index in [2.05, 4.69) is 10.6 Å². The van der Waals surface area contributed by atoms with Gasteiger partial charge < -0.3 is 20.5 Å². The molecule has 134 valence electrons. The number of amides is 2. The Bertz CT molecular complexity index is 684. The molecule has 0 aliphatic rings. The van der Waals surface area contributed by atoms with E-state index in [1.165, 1.54) is 0 Å². The van der Waals surface area contributed by atoms with Crippen LogP contribution in [0.5, 0.6) is 5.75 Å². The Morgan fingerprint density at radius 2 is 1.80 bits per heavy atom. The summed E-state index contributed by atoms with van der Waals surface area (Å²) >= 11 is 0. The smallest absolute Gasteiger partial charge is 0.319 e. The van der Waals surface area contributed by atoms with Gasteiger partial charge in [0, 0.05) is 12.2 Å². The van der Waals surface area contributed by atoms with Crippen molar-refractivity contribution in [2.45, 2.75) is 39.4 Å². The van der Waals surface area contributed by atoms with Crippen molar-refractivity contribution in [3.63, 3.8) is 0 Å². The third kappa shape index (κ3) is 5.80. The van der Waals surface area contributed by atoms with E-state index in [4.69, 9.17) is 4.74 Å². The highest BCUT2D eigenvalue weighted by molar-refractivity contribution is 5.90. The first kappa shape index (κ1) is 18.8. The Balaban J connectivity index is 1.86. The molecule has 0 bridgehead atoms. The molecule has 0 aliphatic heterocycles. The van der Waals surface area contributed by atoms with Gasteiger partial charge in [-0.15, -0.1) is 0 Å². The molecular formula is C20H26N2O3. The number of carbonyl (C=O) groups is 1. The monoisotopic (exact) mass is 342 g/mol. The fourth-order valence-electron chi connectivity index (χ4n) is 2.46. The molecule has 0 radical (unpaired) electrons. The minimum Gasteiger partial charge on any atom is -0.491 e. The van der Waals surface area contributed by atoms with Crippen molar-refractivity contribution in [1.29, 1.82) is 0 Å². The standard InChI is InChI=1S/C20H26N2O3/c1-4-15-7-5-6-8-18(15)22-20(24)21-13-19(23)16-9-11-17(12-10-16)25-14(2)3/h5-12,14,19,23H,4,13H2,1-3H3,(H2,21,22,24). The molecule has 0 saturated heterocycles. The van der Waals surface area contributed by atoms with Crippen LogP contribution in [0.3, 0.4) is 0 Å². The quantitative estimate of drug-likeness (QED) is 0.715. The molecule has 0 aliphatic carbocycles. The lowest BCUT2D eigenvalue weighted by molar-refractivity contribution is 0.175. The molecule has 1 atom stereocenters. The summed E-state index contributed by atoms with van der Waals surface area (Å²) in [5.74, 6) is 0.757. The summed E-state index contributed by atoms with van der Waals surface area (Å²) < 4.78 is 5.57. The van der Waals surface area contributed by atoms with Crippen LogP contribution in [0.2, 0.25) is 0 Å². The molecule has 2 aromatic carbocycles. The van der Waals surface area contributed by atoms with Crippen LogP contribution < -0.4 is 15.4 Å². The van der Waals surface area contributed by atoms with Gasteiger partial charge in [0.05, 0.1) is 12.2 Å². The molecule has 5 nitrogen and oxygen atoms in total. The van der Waals surface area contributed by atoms with Crippen molar-refractivity contribution in [2.75, 3.05) is 11.9 Å². The maximum absolute atomic E-state index is 12.0. The Kier molecular flexibility index (Phi) is 6.83. The van der Waals surface area contributed by atoms with Crippen LogP contribution in [0.1, 0.15) is 38.0 Å². The van der Waals surface area contributed by atoms with E-state index >= 15 is 0 Å². The fourth-order valence-corrected chi connectivity index (χ4v) is 2.46. The molecule has 0 saturated carbocycles. The molecule has 0 spiro atoms. The second-order valence-electron chi connectivity index (χ2n) is 6.10. The lowest BCUT2D eigenvalue weighted by Crippen LogP contribution is -2.32. The molecule has 5 heteroatoms. The number of rotatable bonds is 7. The van der Waals surface area contributed by atoms with Crippen LogP contribution in [0.15, 0.2) is 48.5 Å². The van der Waals surface area contributed by atoms with Gasteiger partial charge in [0.25, 0.3) is 0 Å². The first-order chi connectivity index (χ1) is 12.0. The van der Waals surface area contributed by atoms with Crippen LogP contribution in [-0.4, -0.2) is 23.8 Å². The maximum atomic E-state index is 12.0. The number of hydrogen-bond acceptors (Lipinski definition) is 3. The van der Waals surface area contributed by atoms with E-state index in [0.29, 0.717) is 0 Å². The molecular weight excluding hydrogens is 316 g/mol. The Morgan fingerprint density at radius 1 is 1.12 bits per heavy atom. The zero-order valence-corrected chi connectivity index (χ0v) is 15.0. The van der Waals surface area contributed by atoms with Gasteiger partial charge in [-0.25, -0.2) is 4.79 Å². The van der Waals surface area contributed by atoms with Crippen LogP contribution >= 0.6 is 0 Å². The van der Waals surface area contributed by atoms with Crippen molar-refractivity contribution in [1.82, 2.24) is 5.32 Å². The minimum absolute atomic E-state index is 0.104. The van der Waals surface area contributed by atoms with Crippen molar-refractivity contribution >= 4 is 11.7 Å². The number of carbonyl (C=O) groups excluding carboxylic acids is 1. The third-order valence-corrected chi connectivity index (χ3v) is 3.74. The Morgan fingerprint density at radius 3 is 2.44 bits per heavy atom. The highest BCUT2D eigenvalue weighted by Gasteiger charge is 2.11. The number of para-hydroxylation sites is 1. The summed E-state index contributed by atoms with van der Waals surface area (Å²) in [5, 5.41) is 15.7. The highest BCUT2D eigenvalue weighted by Crippen LogP contribution is 2.19. The maximum Gasteiger partial charge on any atom is 0.319 e. The van der Waals surface area contributed by atoms with Gasteiger partial charge in [-0.2, -0.15) is 0 Å². The van der Waals surface area contributed by atoms with E-state index in [-0.39, 0.29) is 18.7 Å². The molecule has 25 heavy (non-hydrogen) atoms. The summed E-state index contributed by atoms with van der Waals surface area (Å²) in [6.45, 7) is 6.09. The zero-order valence-electron chi connectivity index (χ0n) is 15.0. The van der Waals surface area contributed by atoms with Crippen molar-refractivity contribution in [3.8, 4) is 5.75 Å². The largest absolute Gasteiger partial charge is 0.491 e. The van der Waals surface area contributed by atoms with E-state index in [1.54, 1.807) is 12.1 Å². The molecule has 1 unspecified atom stereocenters. The van der Waals surface area contributed by atoms with E-state index in [0.717, 1.165) is 29.0 Å². The average molecular weight is 342 g/mol. The second-order valence-corrected chi connectivity index (χ2v) is 6.10. The van der Waals surface area contributed by atoms with Gasteiger partial charge in [0.2, 0.25) is 0 Å². The SMILES string of the molecule is CCc1ccccc1NC(=O)NCC(O)c1ccc(OC(C)C)cc1. The second kappa shape index (κ2) is 9.08. The lowest BCUT2D eigenvalue weighted by atomic mass is 10.1. The Labute approximate surface area is 149 Å². The predicted molar refractivity (Wildman–Crippen MR) is 100 cm³/mol. The van der Waals surface area contributed by atoms with E-state index < -0.39 is 6.10 Å². The first-order valence-corrected chi connectivity index (χ1v) is 8.57. The van der Waals surface area contributed by atoms with Crippen LogP contribution in [0.25, 0.3) is 0 Å². The van der Waals surface area contributed by atoms with Gasteiger partial charge in [0.1, 0.15) is 5.75 Å². The van der Waals surface area contributed by atoms with Gasteiger partial charge in [0.15, 0.2) is 0 Å². The van der Waals surface area contributed by atoms with Crippen molar-refractivity contribution in [3.05, 3.63) is 59.7 Å². The highest BCUT2D eigenvalue weighted by atomic mass is 16.5.